The van der Waals surface area contributed by atoms with E-state index < -0.39 is 0 Å². The zero-order valence-corrected chi connectivity index (χ0v) is 14.3. The summed E-state index contributed by atoms with van der Waals surface area (Å²) < 4.78 is 0. The van der Waals surface area contributed by atoms with Crippen molar-refractivity contribution in [3.05, 3.63) is 34.9 Å². The van der Waals surface area contributed by atoms with Gasteiger partial charge in [-0.2, -0.15) is 0 Å². The van der Waals surface area contributed by atoms with E-state index in [1.165, 1.54) is 5.56 Å². The summed E-state index contributed by atoms with van der Waals surface area (Å²) >= 11 is 5.96. The van der Waals surface area contributed by atoms with E-state index in [1.54, 1.807) is 0 Å². The van der Waals surface area contributed by atoms with Crippen LogP contribution in [0.25, 0.3) is 0 Å². The Hall–Kier alpha value is -0.570. The lowest BCUT2D eigenvalue weighted by molar-refractivity contribution is 0.218. The second-order valence-corrected chi connectivity index (χ2v) is 7.19. The molecule has 0 aromatic heterocycles. The first-order valence-corrected chi connectivity index (χ1v) is 7.87. The Bertz CT molecular complexity index is 381. The van der Waals surface area contributed by atoms with Crippen LogP contribution in [0.15, 0.2) is 24.3 Å². The van der Waals surface area contributed by atoms with Crippen LogP contribution in [-0.2, 0) is 0 Å². The van der Waals surface area contributed by atoms with Crippen molar-refractivity contribution in [2.24, 2.45) is 5.41 Å². The third-order valence-corrected chi connectivity index (χ3v) is 3.52. The minimum atomic E-state index is 0.350. The zero-order valence-electron chi connectivity index (χ0n) is 13.5. The molecule has 1 rings (SSSR count). The van der Waals surface area contributed by atoms with Gasteiger partial charge in [0, 0.05) is 17.6 Å². The average molecular weight is 297 g/mol. The highest BCUT2D eigenvalue weighted by molar-refractivity contribution is 6.30. The maximum Gasteiger partial charge on any atom is 0.0406 e. The van der Waals surface area contributed by atoms with E-state index >= 15 is 0 Å². The fourth-order valence-electron chi connectivity index (χ4n) is 2.57. The molecule has 3 heteroatoms. The Kier molecular flexibility index (Phi) is 7.01. The molecule has 0 aliphatic rings. The number of hydrogen-bond acceptors (Lipinski definition) is 2. The third kappa shape index (κ3) is 6.74. The first-order valence-electron chi connectivity index (χ1n) is 7.49. The van der Waals surface area contributed by atoms with Gasteiger partial charge in [0.1, 0.15) is 0 Å². The molecule has 0 amide bonds. The monoisotopic (exact) mass is 296 g/mol. The summed E-state index contributed by atoms with van der Waals surface area (Å²) in [4.78, 5) is 2.42. The molecule has 0 heterocycles. The lowest BCUT2D eigenvalue weighted by Crippen LogP contribution is -2.32. The van der Waals surface area contributed by atoms with Crippen molar-refractivity contribution in [2.45, 2.75) is 40.2 Å². The number of nitrogens with one attached hydrogen (secondary N) is 1. The van der Waals surface area contributed by atoms with E-state index in [1.807, 2.05) is 12.1 Å². The van der Waals surface area contributed by atoms with Crippen LogP contribution in [0.5, 0.6) is 0 Å². The molecular weight excluding hydrogens is 268 g/mol. The van der Waals surface area contributed by atoms with E-state index in [-0.39, 0.29) is 0 Å². The fraction of sp³-hybridized carbons (Fsp3) is 0.647. The summed E-state index contributed by atoms with van der Waals surface area (Å²) in [5.41, 5.74) is 1.67. The van der Waals surface area contributed by atoms with Gasteiger partial charge in [-0.15, -0.1) is 0 Å². The molecule has 1 aromatic rings. The Balaban J connectivity index is 2.57. The number of benzene rings is 1. The third-order valence-electron chi connectivity index (χ3n) is 3.27. The zero-order chi connectivity index (χ0) is 15.2. The van der Waals surface area contributed by atoms with Gasteiger partial charge in [-0.1, -0.05) is 51.4 Å². The van der Waals surface area contributed by atoms with Gasteiger partial charge in [0.25, 0.3) is 0 Å². The van der Waals surface area contributed by atoms with E-state index in [0.29, 0.717) is 11.5 Å². The van der Waals surface area contributed by atoms with Crippen LogP contribution in [0.3, 0.4) is 0 Å². The molecule has 1 unspecified atom stereocenters. The normalized spacial score (nSPS) is 13.8. The quantitative estimate of drug-likeness (QED) is 0.804. The average Bonchev–Trinajstić information content (AvgIpc) is 2.33. The molecule has 2 nitrogen and oxygen atoms in total. The highest BCUT2D eigenvalue weighted by atomic mass is 35.5. The van der Waals surface area contributed by atoms with Crippen LogP contribution >= 0.6 is 11.6 Å². The summed E-state index contributed by atoms with van der Waals surface area (Å²) in [5.74, 6) is 0. The summed E-state index contributed by atoms with van der Waals surface area (Å²) in [6.07, 6.45) is 1.11. The van der Waals surface area contributed by atoms with Crippen molar-refractivity contribution in [3.63, 3.8) is 0 Å². The van der Waals surface area contributed by atoms with E-state index in [9.17, 15) is 0 Å². The van der Waals surface area contributed by atoms with Crippen molar-refractivity contribution in [2.75, 3.05) is 26.7 Å². The fourth-order valence-corrected chi connectivity index (χ4v) is 2.69. The number of rotatable bonds is 7. The van der Waals surface area contributed by atoms with Gasteiger partial charge in [0.05, 0.1) is 0 Å². The maximum atomic E-state index is 5.96. The second-order valence-electron chi connectivity index (χ2n) is 6.75. The first kappa shape index (κ1) is 17.5. The van der Waals surface area contributed by atoms with E-state index in [4.69, 9.17) is 11.6 Å². The van der Waals surface area contributed by atoms with Gasteiger partial charge in [0.15, 0.2) is 0 Å². The Morgan fingerprint density at radius 3 is 2.30 bits per heavy atom. The van der Waals surface area contributed by atoms with Gasteiger partial charge in [-0.3, -0.25) is 0 Å². The van der Waals surface area contributed by atoms with Crippen LogP contribution in [0.2, 0.25) is 5.02 Å². The molecule has 0 radical (unpaired) electrons. The predicted molar refractivity (Wildman–Crippen MR) is 89.4 cm³/mol. The van der Waals surface area contributed by atoms with E-state index in [2.05, 4.69) is 57.1 Å². The molecule has 0 fully saturated rings. The smallest absolute Gasteiger partial charge is 0.0406 e. The highest BCUT2D eigenvalue weighted by Crippen LogP contribution is 2.21. The minimum Gasteiger partial charge on any atom is -0.310 e. The Morgan fingerprint density at radius 1 is 1.20 bits per heavy atom. The summed E-state index contributed by atoms with van der Waals surface area (Å²) in [6.45, 7) is 12.2. The molecule has 0 aliphatic heterocycles. The Labute approximate surface area is 129 Å². The van der Waals surface area contributed by atoms with Crippen molar-refractivity contribution in [3.8, 4) is 0 Å². The summed E-state index contributed by atoms with van der Waals surface area (Å²) in [7, 11) is 2.20. The first-order chi connectivity index (χ1) is 9.31. The maximum absolute atomic E-state index is 5.96. The lowest BCUT2D eigenvalue weighted by Gasteiger charge is -2.28. The topological polar surface area (TPSA) is 15.3 Å². The second kappa shape index (κ2) is 8.02. The molecule has 1 atom stereocenters. The van der Waals surface area contributed by atoms with Crippen LogP contribution in [0, 0.1) is 5.41 Å². The van der Waals surface area contributed by atoms with Crippen LogP contribution in [0.1, 0.15) is 45.7 Å². The number of halogens is 1. The number of hydrogen-bond donors (Lipinski definition) is 1. The van der Waals surface area contributed by atoms with Crippen LogP contribution in [0.4, 0.5) is 0 Å². The van der Waals surface area contributed by atoms with Gasteiger partial charge in [0.2, 0.25) is 0 Å². The minimum absolute atomic E-state index is 0.350. The summed E-state index contributed by atoms with van der Waals surface area (Å²) in [5, 5.41) is 4.37. The molecule has 20 heavy (non-hydrogen) atoms. The molecule has 0 saturated heterocycles. The summed E-state index contributed by atoms with van der Waals surface area (Å²) in [6, 6.07) is 8.60. The van der Waals surface area contributed by atoms with Crippen molar-refractivity contribution < 1.29 is 0 Å². The van der Waals surface area contributed by atoms with Gasteiger partial charge >= 0.3 is 0 Å². The standard InChI is InChI=1S/C17H29ClN2/c1-6-19-16(14-7-9-15(18)10-8-14)11-12-20(5)13-17(2,3)4/h7-10,16,19H,6,11-13H2,1-5H3. The Morgan fingerprint density at radius 2 is 1.80 bits per heavy atom. The number of nitrogens with zero attached hydrogens (tertiary/aromatic N) is 1. The molecule has 0 bridgehead atoms. The molecule has 0 spiro atoms. The van der Waals surface area contributed by atoms with E-state index in [0.717, 1.165) is 31.1 Å². The van der Waals surface area contributed by atoms with Gasteiger partial charge in [-0.25, -0.2) is 0 Å². The van der Waals surface area contributed by atoms with Crippen LogP contribution < -0.4 is 5.32 Å². The molecule has 114 valence electrons. The highest BCUT2D eigenvalue weighted by Gasteiger charge is 2.15. The molecule has 0 saturated carbocycles. The molecule has 0 aliphatic carbocycles. The van der Waals surface area contributed by atoms with Crippen LogP contribution in [-0.4, -0.2) is 31.6 Å². The molecule has 1 N–H and O–H groups in total. The molecule has 1 aromatic carbocycles. The van der Waals surface area contributed by atoms with Crippen molar-refractivity contribution in [1.29, 1.82) is 0 Å². The van der Waals surface area contributed by atoms with Gasteiger partial charge < -0.3 is 10.2 Å². The predicted octanol–water partition coefficient (Wildman–Crippen LogP) is 4.36. The van der Waals surface area contributed by atoms with Crippen molar-refractivity contribution >= 4 is 11.6 Å². The van der Waals surface area contributed by atoms with Crippen molar-refractivity contribution in [1.82, 2.24) is 10.2 Å². The van der Waals surface area contributed by atoms with Gasteiger partial charge in [-0.05, 0) is 49.7 Å². The SMILES string of the molecule is CCNC(CCN(C)CC(C)(C)C)c1ccc(Cl)cc1. The molecular formula is C17H29ClN2. The lowest BCUT2D eigenvalue weighted by atomic mass is 9.96. The largest absolute Gasteiger partial charge is 0.310 e.